The van der Waals surface area contributed by atoms with Crippen LogP contribution in [0.2, 0.25) is 5.02 Å². The van der Waals surface area contributed by atoms with Gasteiger partial charge in [-0.3, -0.25) is 0 Å². The average molecular weight is 397 g/mol. The molecule has 2 N–H and O–H groups in total. The van der Waals surface area contributed by atoms with E-state index in [4.69, 9.17) is 16.3 Å². The van der Waals surface area contributed by atoms with Gasteiger partial charge in [0.1, 0.15) is 0 Å². The lowest BCUT2D eigenvalue weighted by atomic mass is 10.2. The summed E-state index contributed by atoms with van der Waals surface area (Å²) in [4.78, 5) is 15.8. The predicted molar refractivity (Wildman–Crippen MR) is 112 cm³/mol. The Morgan fingerprint density at radius 1 is 0.893 bits per heavy atom. The van der Waals surface area contributed by atoms with E-state index < -0.39 is 0 Å². The average Bonchev–Trinajstić information content (AvgIpc) is 2.70. The zero-order valence-corrected chi connectivity index (χ0v) is 16.3. The molecule has 0 amide bonds. The minimum atomic E-state index is 0.467. The highest BCUT2D eigenvalue weighted by Crippen LogP contribution is 2.22. The monoisotopic (exact) mass is 396 g/mol. The van der Waals surface area contributed by atoms with E-state index in [-0.39, 0.29) is 0 Å². The van der Waals surface area contributed by atoms with Crippen molar-refractivity contribution in [3.05, 3.63) is 59.1 Å². The van der Waals surface area contributed by atoms with Crippen molar-refractivity contribution in [2.24, 2.45) is 0 Å². The van der Waals surface area contributed by atoms with Crippen LogP contribution in [-0.4, -0.2) is 41.3 Å². The van der Waals surface area contributed by atoms with Crippen LogP contribution in [0, 0.1) is 6.92 Å². The fraction of sp³-hybridized carbons (Fsp3) is 0.250. The van der Waals surface area contributed by atoms with Crippen LogP contribution in [0.4, 0.5) is 29.2 Å². The van der Waals surface area contributed by atoms with Gasteiger partial charge in [-0.2, -0.15) is 15.0 Å². The maximum Gasteiger partial charge on any atom is 0.233 e. The van der Waals surface area contributed by atoms with Crippen molar-refractivity contribution in [3.8, 4) is 0 Å². The highest BCUT2D eigenvalue weighted by molar-refractivity contribution is 6.30. The Morgan fingerprint density at radius 2 is 1.57 bits per heavy atom. The first-order valence-corrected chi connectivity index (χ1v) is 9.48. The second-order valence-electron chi connectivity index (χ2n) is 6.51. The summed E-state index contributed by atoms with van der Waals surface area (Å²) >= 11 is 5.97. The van der Waals surface area contributed by atoms with Crippen LogP contribution in [0.3, 0.4) is 0 Å². The lowest BCUT2D eigenvalue weighted by molar-refractivity contribution is 0.122. The van der Waals surface area contributed by atoms with Crippen molar-refractivity contribution >= 4 is 40.8 Å². The van der Waals surface area contributed by atoms with E-state index in [0.717, 1.165) is 30.0 Å². The summed E-state index contributed by atoms with van der Waals surface area (Å²) in [6.07, 6.45) is 0. The molecule has 0 bridgehead atoms. The molecule has 144 valence electrons. The largest absolute Gasteiger partial charge is 0.378 e. The molecule has 0 aliphatic carbocycles. The van der Waals surface area contributed by atoms with Crippen LogP contribution in [0.1, 0.15) is 5.56 Å². The van der Waals surface area contributed by atoms with Crippen LogP contribution in [0.25, 0.3) is 0 Å². The van der Waals surface area contributed by atoms with Gasteiger partial charge < -0.3 is 20.3 Å². The van der Waals surface area contributed by atoms with Crippen LogP contribution in [-0.2, 0) is 4.74 Å². The van der Waals surface area contributed by atoms with Gasteiger partial charge in [-0.25, -0.2) is 0 Å². The summed E-state index contributed by atoms with van der Waals surface area (Å²) in [6, 6.07) is 15.5. The number of hydrogen-bond acceptors (Lipinski definition) is 7. The molecule has 0 spiro atoms. The normalized spacial score (nSPS) is 14.0. The highest BCUT2D eigenvalue weighted by atomic mass is 35.5. The third-order valence-electron chi connectivity index (χ3n) is 4.29. The number of halogens is 1. The molecule has 8 heteroatoms. The molecular weight excluding hydrogens is 376 g/mol. The molecule has 0 atom stereocenters. The fourth-order valence-corrected chi connectivity index (χ4v) is 3.02. The lowest BCUT2D eigenvalue weighted by Crippen LogP contribution is -2.37. The predicted octanol–water partition coefficient (Wildman–Crippen LogP) is 4.16. The Hall–Kier alpha value is -2.90. The number of nitrogens with one attached hydrogen (secondary N) is 2. The van der Waals surface area contributed by atoms with E-state index in [2.05, 4.69) is 30.5 Å². The number of anilines is 5. The van der Waals surface area contributed by atoms with Crippen molar-refractivity contribution in [3.63, 3.8) is 0 Å². The molecular formula is C20H21ClN6O. The van der Waals surface area contributed by atoms with Gasteiger partial charge in [-0.1, -0.05) is 23.7 Å². The first-order valence-electron chi connectivity index (χ1n) is 9.11. The fourth-order valence-electron chi connectivity index (χ4n) is 2.90. The minimum absolute atomic E-state index is 0.467. The van der Waals surface area contributed by atoms with E-state index in [1.54, 1.807) is 0 Å². The number of ether oxygens (including phenoxy) is 1. The molecule has 7 nitrogen and oxygen atoms in total. The maximum atomic E-state index is 5.97. The number of morpholine rings is 1. The zero-order chi connectivity index (χ0) is 19.3. The highest BCUT2D eigenvalue weighted by Gasteiger charge is 2.17. The van der Waals surface area contributed by atoms with E-state index in [1.807, 2.05) is 55.5 Å². The van der Waals surface area contributed by atoms with Crippen molar-refractivity contribution in [2.75, 3.05) is 41.8 Å². The van der Waals surface area contributed by atoms with Crippen LogP contribution in [0.5, 0.6) is 0 Å². The number of aryl methyl sites for hydroxylation is 1. The summed E-state index contributed by atoms with van der Waals surface area (Å²) in [7, 11) is 0. The Bertz CT molecular complexity index is 944. The minimum Gasteiger partial charge on any atom is -0.378 e. The summed E-state index contributed by atoms with van der Waals surface area (Å²) < 4.78 is 5.44. The second-order valence-corrected chi connectivity index (χ2v) is 6.94. The molecule has 3 aromatic rings. The SMILES string of the molecule is Cc1cccc(Nc2nc(Nc3ccc(Cl)cc3)nc(N3CCOCC3)n2)c1. The van der Waals surface area contributed by atoms with Gasteiger partial charge in [0.2, 0.25) is 17.8 Å². The smallest absolute Gasteiger partial charge is 0.233 e. The quantitative estimate of drug-likeness (QED) is 0.670. The molecule has 1 aromatic heterocycles. The Balaban J connectivity index is 1.64. The molecule has 4 rings (SSSR count). The number of nitrogens with zero attached hydrogens (tertiary/aromatic N) is 4. The lowest BCUT2D eigenvalue weighted by Gasteiger charge is -2.27. The third-order valence-corrected chi connectivity index (χ3v) is 4.54. The molecule has 1 saturated heterocycles. The summed E-state index contributed by atoms with van der Waals surface area (Å²) in [6.45, 7) is 4.85. The third kappa shape index (κ3) is 4.68. The van der Waals surface area contributed by atoms with Gasteiger partial charge in [0.25, 0.3) is 0 Å². The second kappa shape index (κ2) is 8.41. The van der Waals surface area contributed by atoms with Gasteiger partial charge in [-0.05, 0) is 48.9 Å². The van der Waals surface area contributed by atoms with Crippen molar-refractivity contribution in [1.82, 2.24) is 15.0 Å². The van der Waals surface area contributed by atoms with Crippen molar-refractivity contribution < 1.29 is 4.74 Å². The number of rotatable bonds is 5. The molecule has 28 heavy (non-hydrogen) atoms. The summed E-state index contributed by atoms with van der Waals surface area (Å²) in [5.41, 5.74) is 2.94. The molecule has 1 aliphatic heterocycles. The van der Waals surface area contributed by atoms with Gasteiger partial charge in [0.05, 0.1) is 13.2 Å². The standard InChI is InChI=1S/C20H21ClN6O/c1-14-3-2-4-17(13-14)23-19-24-18(22-16-7-5-15(21)6-8-16)25-20(26-19)27-9-11-28-12-10-27/h2-8,13H,9-12H2,1H3,(H2,22,23,24,25,26). The van der Waals surface area contributed by atoms with E-state index in [0.29, 0.717) is 36.1 Å². The molecule has 1 aliphatic rings. The van der Waals surface area contributed by atoms with Gasteiger partial charge >= 0.3 is 0 Å². The maximum absolute atomic E-state index is 5.97. The van der Waals surface area contributed by atoms with E-state index >= 15 is 0 Å². The van der Waals surface area contributed by atoms with Crippen LogP contribution in [0.15, 0.2) is 48.5 Å². The number of aromatic nitrogens is 3. The summed E-state index contributed by atoms with van der Waals surface area (Å²) in [5.74, 6) is 1.57. The van der Waals surface area contributed by atoms with Crippen LogP contribution < -0.4 is 15.5 Å². The Kier molecular flexibility index (Phi) is 5.55. The first-order chi connectivity index (χ1) is 13.7. The van der Waals surface area contributed by atoms with Gasteiger partial charge in [0.15, 0.2) is 0 Å². The van der Waals surface area contributed by atoms with E-state index in [9.17, 15) is 0 Å². The molecule has 0 radical (unpaired) electrons. The molecule has 2 aromatic carbocycles. The first kappa shape index (κ1) is 18.5. The van der Waals surface area contributed by atoms with Crippen LogP contribution >= 0.6 is 11.6 Å². The molecule has 0 saturated carbocycles. The molecule has 0 unspecified atom stereocenters. The van der Waals surface area contributed by atoms with Gasteiger partial charge in [0, 0.05) is 29.5 Å². The summed E-state index contributed by atoms with van der Waals surface area (Å²) in [5, 5.41) is 7.19. The molecule has 2 heterocycles. The Labute approximate surface area is 168 Å². The van der Waals surface area contributed by atoms with Crippen molar-refractivity contribution in [1.29, 1.82) is 0 Å². The number of benzene rings is 2. The Morgan fingerprint density at radius 3 is 2.25 bits per heavy atom. The van der Waals surface area contributed by atoms with Gasteiger partial charge in [-0.15, -0.1) is 0 Å². The topological polar surface area (TPSA) is 75.2 Å². The zero-order valence-electron chi connectivity index (χ0n) is 15.5. The number of hydrogen-bond donors (Lipinski definition) is 2. The van der Waals surface area contributed by atoms with E-state index in [1.165, 1.54) is 0 Å². The molecule has 1 fully saturated rings. The van der Waals surface area contributed by atoms with Crippen molar-refractivity contribution in [2.45, 2.75) is 6.92 Å².